The summed E-state index contributed by atoms with van der Waals surface area (Å²) >= 11 is 1.41. The van der Waals surface area contributed by atoms with Crippen molar-refractivity contribution in [3.8, 4) is 0 Å². The first-order valence-corrected chi connectivity index (χ1v) is 8.38. The summed E-state index contributed by atoms with van der Waals surface area (Å²) in [6.45, 7) is 1.33. The Hall–Kier alpha value is -1.78. The van der Waals surface area contributed by atoms with Gasteiger partial charge in [0.2, 0.25) is 5.16 Å². The van der Waals surface area contributed by atoms with E-state index < -0.39 is 24.9 Å². The maximum absolute atomic E-state index is 10.2. The second-order valence-corrected chi connectivity index (χ2v) is 6.48. The lowest BCUT2D eigenvalue weighted by molar-refractivity contribution is -0.0813. The minimum absolute atomic E-state index is 0.0156. The number of nitrogens with zero attached hydrogens (tertiary/aromatic N) is 4. The van der Waals surface area contributed by atoms with Gasteiger partial charge in [-0.15, -0.1) is 10.2 Å². The van der Waals surface area contributed by atoms with E-state index in [1.54, 1.807) is 0 Å². The van der Waals surface area contributed by atoms with Gasteiger partial charge in [0.15, 0.2) is 5.82 Å². The average molecular weight is 350 g/mol. The van der Waals surface area contributed by atoms with Gasteiger partial charge >= 0.3 is 0 Å². The van der Waals surface area contributed by atoms with Gasteiger partial charge in [0.05, 0.1) is 12.3 Å². The van der Waals surface area contributed by atoms with Crippen molar-refractivity contribution in [3.05, 3.63) is 41.2 Å². The fraction of sp³-hybridized carbons (Fsp3) is 0.400. The maximum Gasteiger partial charge on any atom is 0.212 e. The molecule has 24 heavy (non-hydrogen) atoms. The summed E-state index contributed by atoms with van der Waals surface area (Å²) in [6, 6.07) is 7.90. The third-order valence-corrected chi connectivity index (χ3v) is 4.68. The van der Waals surface area contributed by atoms with E-state index >= 15 is 0 Å². The number of rotatable bonds is 5. The van der Waals surface area contributed by atoms with Gasteiger partial charge in [0.1, 0.15) is 18.3 Å². The summed E-state index contributed by atoms with van der Waals surface area (Å²) in [4.78, 5) is 0. The molecule has 2 aromatic rings. The van der Waals surface area contributed by atoms with E-state index in [4.69, 9.17) is 5.11 Å². The number of hydrogen-bond acceptors (Lipinski definition) is 8. The topological polar surface area (TPSA) is 124 Å². The van der Waals surface area contributed by atoms with Crippen LogP contribution in [-0.2, 0) is 0 Å². The molecule has 9 heteroatoms. The molecule has 0 bridgehead atoms. The van der Waals surface area contributed by atoms with Crippen LogP contribution < -0.4 is 0 Å². The van der Waals surface area contributed by atoms with Gasteiger partial charge in [0, 0.05) is 5.75 Å². The molecule has 0 radical (unpaired) electrons. The standard InChI is InChI=1S/C15H18N4O4S/c1-8-2-4-9(5-3-8)10-7-24-15-17-16-14(19(15)18-10)13(23)12(22)11(21)6-20/h2-5,11-13,20-23H,6-7H2,1H3. The Balaban J connectivity index is 1.93. The predicted molar refractivity (Wildman–Crippen MR) is 87.9 cm³/mol. The number of aryl methyl sites for hydroxylation is 1. The summed E-state index contributed by atoms with van der Waals surface area (Å²) in [5.41, 5.74) is 2.88. The van der Waals surface area contributed by atoms with Gasteiger partial charge in [-0.1, -0.05) is 41.6 Å². The first-order valence-electron chi connectivity index (χ1n) is 7.39. The molecule has 1 aromatic heterocycles. The van der Waals surface area contributed by atoms with E-state index in [2.05, 4.69) is 15.3 Å². The minimum atomic E-state index is -1.59. The van der Waals surface area contributed by atoms with Crippen LogP contribution in [0.2, 0.25) is 0 Å². The third-order valence-electron chi connectivity index (χ3n) is 3.75. The molecule has 3 rings (SSSR count). The first kappa shape index (κ1) is 17.1. The van der Waals surface area contributed by atoms with Gasteiger partial charge < -0.3 is 20.4 Å². The number of benzene rings is 1. The second kappa shape index (κ2) is 6.99. The first-order chi connectivity index (χ1) is 11.5. The molecule has 1 aliphatic heterocycles. The van der Waals surface area contributed by atoms with Crippen molar-refractivity contribution in [3.63, 3.8) is 0 Å². The van der Waals surface area contributed by atoms with Crippen molar-refractivity contribution < 1.29 is 20.4 Å². The molecule has 8 nitrogen and oxygen atoms in total. The highest BCUT2D eigenvalue weighted by atomic mass is 32.2. The van der Waals surface area contributed by atoms with Crippen LogP contribution in [0.4, 0.5) is 0 Å². The van der Waals surface area contributed by atoms with Crippen LogP contribution >= 0.6 is 11.8 Å². The molecule has 0 saturated carbocycles. The molecule has 1 aromatic carbocycles. The molecule has 4 N–H and O–H groups in total. The Morgan fingerprint density at radius 3 is 2.54 bits per heavy atom. The zero-order valence-corrected chi connectivity index (χ0v) is 13.8. The monoisotopic (exact) mass is 350 g/mol. The summed E-state index contributed by atoms with van der Waals surface area (Å²) < 4.78 is 1.36. The number of aromatic nitrogens is 3. The van der Waals surface area contributed by atoms with Crippen LogP contribution in [0.3, 0.4) is 0 Å². The number of aliphatic hydroxyl groups excluding tert-OH is 4. The number of fused-ring (bicyclic) bond motifs is 1. The van der Waals surface area contributed by atoms with Gasteiger partial charge in [-0.3, -0.25) is 0 Å². The van der Waals surface area contributed by atoms with Crippen LogP contribution in [-0.4, -0.2) is 65.6 Å². The molecular formula is C15H18N4O4S. The fourth-order valence-corrected chi connectivity index (χ4v) is 3.13. The fourth-order valence-electron chi connectivity index (χ4n) is 2.29. The molecule has 3 unspecified atom stereocenters. The van der Waals surface area contributed by atoms with Crippen molar-refractivity contribution in [1.82, 2.24) is 14.9 Å². The summed E-state index contributed by atoms with van der Waals surface area (Å²) in [7, 11) is 0. The molecule has 0 amide bonds. The van der Waals surface area contributed by atoms with Crippen LogP contribution in [0.1, 0.15) is 23.1 Å². The summed E-state index contributed by atoms with van der Waals surface area (Å²) in [5, 5.41) is 51.2. The molecule has 2 heterocycles. The SMILES string of the molecule is Cc1ccc(C2=Nn3c(nnc3C(O)C(O)C(O)CO)SC2)cc1. The Morgan fingerprint density at radius 2 is 1.88 bits per heavy atom. The lowest BCUT2D eigenvalue weighted by atomic mass is 10.1. The predicted octanol–water partition coefficient (Wildman–Crippen LogP) is -0.308. The largest absolute Gasteiger partial charge is 0.394 e. The van der Waals surface area contributed by atoms with Crippen molar-refractivity contribution in [2.75, 3.05) is 12.4 Å². The third kappa shape index (κ3) is 3.21. The molecule has 1 aliphatic rings. The molecule has 0 spiro atoms. The molecular weight excluding hydrogens is 332 g/mol. The zero-order chi connectivity index (χ0) is 17.3. The molecule has 3 atom stereocenters. The van der Waals surface area contributed by atoms with Gasteiger partial charge in [-0.05, 0) is 12.5 Å². The van der Waals surface area contributed by atoms with E-state index in [9.17, 15) is 15.3 Å². The minimum Gasteiger partial charge on any atom is -0.394 e. The van der Waals surface area contributed by atoms with Crippen LogP contribution in [0, 0.1) is 6.92 Å². The average Bonchev–Trinajstić information content (AvgIpc) is 3.03. The molecule has 0 fully saturated rings. The van der Waals surface area contributed by atoms with E-state index in [1.807, 2.05) is 31.2 Å². The van der Waals surface area contributed by atoms with Crippen molar-refractivity contribution in [1.29, 1.82) is 0 Å². The molecule has 0 aliphatic carbocycles. The zero-order valence-electron chi connectivity index (χ0n) is 12.9. The maximum atomic E-state index is 10.2. The highest BCUT2D eigenvalue weighted by Crippen LogP contribution is 2.27. The highest BCUT2D eigenvalue weighted by Gasteiger charge is 2.32. The quantitative estimate of drug-likeness (QED) is 0.583. The molecule has 128 valence electrons. The Morgan fingerprint density at radius 1 is 1.17 bits per heavy atom. The highest BCUT2D eigenvalue weighted by molar-refractivity contribution is 7.99. The number of thioether (sulfide) groups is 1. The molecule has 0 saturated heterocycles. The Kier molecular flexibility index (Phi) is 4.97. The normalized spacial score (nSPS) is 17.8. The van der Waals surface area contributed by atoms with E-state index in [0.29, 0.717) is 10.9 Å². The number of hydrogen-bond donors (Lipinski definition) is 4. The second-order valence-electron chi connectivity index (χ2n) is 5.54. The van der Waals surface area contributed by atoms with Crippen LogP contribution in [0.15, 0.2) is 34.5 Å². The van der Waals surface area contributed by atoms with E-state index in [-0.39, 0.29) is 5.82 Å². The van der Waals surface area contributed by atoms with Gasteiger partial charge in [0.25, 0.3) is 0 Å². The lowest BCUT2D eigenvalue weighted by Gasteiger charge is -2.21. The number of aliphatic hydroxyl groups is 4. The summed E-state index contributed by atoms with van der Waals surface area (Å²) in [5.74, 6) is 0.626. The van der Waals surface area contributed by atoms with Crippen molar-refractivity contribution in [2.45, 2.75) is 30.4 Å². The summed E-state index contributed by atoms with van der Waals surface area (Å²) in [6.07, 6.45) is -4.59. The Labute approximate surface area is 142 Å². The van der Waals surface area contributed by atoms with E-state index in [1.165, 1.54) is 16.4 Å². The Bertz CT molecular complexity index is 746. The smallest absolute Gasteiger partial charge is 0.212 e. The van der Waals surface area contributed by atoms with Crippen molar-refractivity contribution >= 4 is 17.5 Å². The van der Waals surface area contributed by atoms with Crippen molar-refractivity contribution in [2.24, 2.45) is 5.10 Å². The lowest BCUT2D eigenvalue weighted by Crippen LogP contribution is -2.36. The van der Waals surface area contributed by atoms with E-state index in [0.717, 1.165) is 16.8 Å². The van der Waals surface area contributed by atoms with Gasteiger partial charge in [-0.25, -0.2) is 0 Å². The van der Waals surface area contributed by atoms with Crippen LogP contribution in [0.25, 0.3) is 0 Å². The van der Waals surface area contributed by atoms with Crippen LogP contribution in [0.5, 0.6) is 0 Å². The van der Waals surface area contributed by atoms with Gasteiger partial charge in [-0.2, -0.15) is 9.78 Å².